The zero-order valence-electron chi connectivity index (χ0n) is 9.64. The van der Waals surface area contributed by atoms with Crippen LogP contribution in [-0.2, 0) is 0 Å². The van der Waals surface area contributed by atoms with E-state index in [2.05, 4.69) is 9.80 Å². The standard InChI is InChI=1S/C12H19N3.HI/c1-2-11-6-13-12(15(11)5-1)14-7-9-3-4-10(9)8-14;/h9-11H,1-8H2;1H/t9-,10+,11-;/m1./s1. The van der Waals surface area contributed by atoms with Gasteiger partial charge in [-0.05, 0) is 37.5 Å². The van der Waals surface area contributed by atoms with Crippen molar-refractivity contribution >= 4 is 29.9 Å². The van der Waals surface area contributed by atoms with E-state index in [1.165, 1.54) is 51.3 Å². The van der Waals surface area contributed by atoms with Crippen molar-refractivity contribution in [3.8, 4) is 0 Å². The number of likely N-dealkylation sites (tertiary alicyclic amines) is 1. The predicted octanol–water partition coefficient (Wildman–Crippen LogP) is 1.78. The van der Waals surface area contributed by atoms with Gasteiger partial charge in [0.2, 0.25) is 0 Å². The van der Waals surface area contributed by atoms with Gasteiger partial charge in [0, 0.05) is 19.6 Å². The van der Waals surface area contributed by atoms with Crippen LogP contribution >= 0.6 is 24.0 Å². The summed E-state index contributed by atoms with van der Waals surface area (Å²) in [6.45, 7) is 4.93. The molecule has 0 bridgehead atoms. The van der Waals surface area contributed by atoms with Crippen molar-refractivity contribution in [2.75, 3.05) is 26.2 Å². The summed E-state index contributed by atoms with van der Waals surface area (Å²) in [6.07, 6.45) is 5.69. The Morgan fingerprint density at radius 1 is 1.06 bits per heavy atom. The van der Waals surface area contributed by atoms with Gasteiger partial charge in [-0.15, -0.1) is 24.0 Å². The summed E-state index contributed by atoms with van der Waals surface area (Å²) in [5.41, 5.74) is 0. The molecular formula is C12H20IN3. The Morgan fingerprint density at radius 2 is 1.81 bits per heavy atom. The first-order chi connectivity index (χ1) is 7.42. The molecule has 3 heterocycles. The molecule has 16 heavy (non-hydrogen) atoms. The minimum Gasteiger partial charge on any atom is -0.342 e. The number of guanidine groups is 1. The topological polar surface area (TPSA) is 18.8 Å². The lowest BCUT2D eigenvalue weighted by Gasteiger charge is -2.27. The molecule has 3 nitrogen and oxygen atoms in total. The number of halogens is 1. The summed E-state index contributed by atoms with van der Waals surface area (Å²) in [6, 6.07) is 0.762. The minimum atomic E-state index is 0. The van der Waals surface area contributed by atoms with E-state index in [-0.39, 0.29) is 24.0 Å². The molecule has 0 aromatic heterocycles. The van der Waals surface area contributed by atoms with E-state index in [0.717, 1.165) is 24.4 Å². The van der Waals surface area contributed by atoms with Crippen molar-refractivity contribution in [3.05, 3.63) is 0 Å². The highest BCUT2D eigenvalue weighted by Crippen LogP contribution is 2.41. The summed E-state index contributed by atoms with van der Waals surface area (Å²) in [5.74, 6) is 3.37. The first-order valence-corrected chi connectivity index (χ1v) is 6.48. The molecule has 1 aliphatic carbocycles. The molecule has 90 valence electrons. The third kappa shape index (κ3) is 1.48. The van der Waals surface area contributed by atoms with Gasteiger partial charge in [-0.1, -0.05) is 0 Å². The second kappa shape index (κ2) is 4.03. The molecule has 0 radical (unpaired) electrons. The fourth-order valence-corrected chi connectivity index (χ4v) is 3.77. The fraction of sp³-hybridized carbons (Fsp3) is 0.917. The van der Waals surface area contributed by atoms with E-state index in [1.807, 2.05) is 0 Å². The lowest BCUT2D eigenvalue weighted by Crippen LogP contribution is -2.42. The molecule has 0 aromatic rings. The van der Waals surface area contributed by atoms with Crippen LogP contribution in [0.4, 0.5) is 0 Å². The smallest absolute Gasteiger partial charge is 0.196 e. The minimum absolute atomic E-state index is 0. The molecule has 0 spiro atoms. The average molecular weight is 333 g/mol. The normalized spacial score (nSPS) is 40.0. The number of aliphatic imine (C=N–C) groups is 1. The van der Waals surface area contributed by atoms with Crippen LogP contribution in [0.3, 0.4) is 0 Å². The van der Waals surface area contributed by atoms with E-state index in [9.17, 15) is 0 Å². The van der Waals surface area contributed by atoms with Gasteiger partial charge in [0.1, 0.15) is 0 Å². The van der Waals surface area contributed by atoms with Gasteiger partial charge in [0.05, 0.1) is 12.6 Å². The van der Waals surface area contributed by atoms with Crippen molar-refractivity contribution < 1.29 is 0 Å². The summed E-state index contributed by atoms with van der Waals surface area (Å²) in [5, 5.41) is 0. The number of rotatable bonds is 0. The predicted molar refractivity (Wildman–Crippen MR) is 75.2 cm³/mol. The maximum absolute atomic E-state index is 4.77. The van der Waals surface area contributed by atoms with Crippen LogP contribution in [-0.4, -0.2) is 48.0 Å². The zero-order chi connectivity index (χ0) is 9.83. The van der Waals surface area contributed by atoms with Crippen LogP contribution in [0.15, 0.2) is 4.99 Å². The maximum atomic E-state index is 4.77. The second-order valence-electron chi connectivity index (χ2n) is 5.63. The van der Waals surface area contributed by atoms with Crippen LogP contribution in [0.5, 0.6) is 0 Å². The number of hydrogen-bond donors (Lipinski definition) is 0. The molecule has 3 atom stereocenters. The molecule has 0 N–H and O–H groups in total. The van der Waals surface area contributed by atoms with E-state index in [4.69, 9.17) is 4.99 Å². The van der Waals surface area contributed by atoms with Crippen molar-refractivity contribution in [2.24, 2.45) is 16.8 Å². The van der Waals surface area contributed by atoms with Crippen molar-refractivity contribution in [3.63, 3.8) is 0 Å². The Labute approximate surface area is 114 Å². The number of fused-ring (bicyclic) bond motifs is 2. The van der Waals surface area contributed by atoms with E-state index < -0.39 is 0 Å². The first-order valence-electron chi connectivity index (χ1n) is 6.48. The number of hydrogen-bond acceptors (Lipinski definition) is 3. The monoisotopic (exact) mass is 333 g/mol. The molecule has 3 fully saturated rings. The Bertz CT molecular complexity index is 305. The van der Waals surface area contributed by atoms with Gasteiger partial charge in [-0.3, -0.25) is 4.99 Å². The molecular weight excluding hydrogens is 313 g/mol. The molecule has 1 saturated carbocycles. The molecule has 4 rings (SSSR count). The third-order valence-electron chi connectivity index (χ3n) is 4.85. The Balaban J connectivity index is 0.000000810. The van der Waals surface area contributed by atoms with Crippen LogP contribution in [0, 0.1) is 11.8 Å². The Kier molecular flexibility index (Phi) is 2.80. The second-order valence-corrected chi connectivity index (χ2v) is 5.63. The molecule has 0 amide bonds. The Hall–Kier alpha value is 0. The largest absolute Gasteiger partial charge is 0.342 e. The highest BCUT2D eigenvalue weighted by molar-refractivity contribution is 14.0. The van der Waals surface area contributed by atoms with Gasteiger partial charge in [-0.2, -0.15) is 0 Å². The summed E-state index contributed by atoms with van der Waals surface area (Å²) >= 11 is 0. The maximum Gasteiger partial charge on any atom is 0.196 e. The van der Waals surface area contributed by atoms with Gasteiger partial charge in [0.25, 0.3) is 0 Å². The van der Waals surface area contributed by atoms with Gasteiger partial charge in [-0.25, -0.2) is 0 Å². The molecule has 4 heteroatoms. The van der Waals surface area contributed by atoms with Gasteiger partial charge in [0.15, 0.2) is 5.96 Å². The quantitative estimate of drug-likeness (QED) is 0.630. The lowest BCUT2D eigenvalue weighted by atomic mass is 9.77. The fourth-order valence-electron chi connectivity index (χ4n) is 3.77. The van der Waals surface area contributed by atoms with Gasteiger partial charge < -0.3 is 9.80 Å². The van der Waals surface area contributed by atoms with E-state index in [1.54, 1.807) is 0 Å². The SMILES string of the molecule is C1C[C@@H]2CN=C(N3C[C@H]4CC[C@H]4C3)N2C1.I. The highest BCUT2D eigenvalue weighted by Gasteiger charge is 2.43. The summed E-state index contributed by atoms with van der Waals surface area (Å²) < 4.78 is 0. The van der Waals surface area contributed by atoms with Crippen LogP contribution < -0.4 is 0 Å². The average Bonchev–Trinajstić information content (AvgIpc) is 2.82. The van der Waals surface area contributed by atoms with Crippen LogP contribution in [0.25, 0.3) is 0 Å². The van der Waals surface area contributed by atoms with Gasteiger partial charge >= 0.3 is 0 Å². The van der Waals surface area contributed by atoms with Crippen molar-refractivity contribution in [2.45, 2.75) is 31.7 Å². The first kappa shape index (κ1) is 11.1. The summed E-state index contributed by atoms with van der Waals surface area (Å²) in [4.78, 5) is 9.92. The Morgan fingerprint density at radius 3 is 2.50 bits per heavy atom. The summed E-state index contributed by atoms with van der Waals surface area (Å²) in [7, 11) is 0. The van der Waals surface area contributed by atoms with E-state index >= 15 is 0 Å². The van der Waals surface area contributed by atoms with E-state index in [0.29, 0.717) is 0 Å². The van der Waals surface area contributed by atoms with Crippen molar-refractivity contribution in [1.82, 2.24) is 9.80 Å². The van der Waals surface area contributed by atoms with Crippen molar-refractivity contribution in [1.29, 1.82) is 0 Å². The third-order valence-corrected chi connectivity index (χ3v) is 4.85. The molecule has 0 aromatic carbocycles. The molecule has 0 unspecified atom stereocenters. The molecule has 3 aliphatic heterocycles. The molecule has 4 aliphatic rings. The zero-order valence-corrected chi connectivity index (χ0v) is 12.0. The molecule has 2 saturated heterocycles. The van der Waals surface area contributed by atoms with Crippen LogP contribution in [0.2, 0.25) is 0 Å². The number of nitrogens with zero attached hydrogens (tertiary/aromatic N) is 3. The lowest BCUT2D eigenvalue weighted by molar-refractivity contribution is 0.243. The van der Waals surface area contributed by atoms with Crippen LogP contribution in [0.1, 0.15) is 25.7 Å². The highest BCUT2D eigenvalue weighted by atomic mass is 127.